The first-order valence-electron chi connectivity index (χ1n) is 10.1. The van der Waals surface area contributed by atoms with Gasteiger partial charge in [-0.2, -0.15) is 0 Å². The minimum absolute atomic E-state index is 0.0343. The summed E-state index contributed by atoms with van der Waals surface area (Å²) in [5.74, 6) is -1.62. The Kier molecular flexibility index (Phi) is 4.97. The van der Waals surface area contributed by atoms with Gasteiger partial charge in [-0.1, -0.05) is 0 Å². The Hall–Kier alpha value is -3.21. The molecule has 2 saturated heterocycles. The number of fused-ring (bicyclic) bond motifs is 1. The molecule has 0 radical (unpaired) electrons. The normalized spacial score (nSPS) is 21.8. The van der Waals surface area contributed by atoms with Gasteiger partial charge in [0, 0.05) is 25.6 Å². The van der Waals surface area contributed by atoms with Crippen LogP contribution in [0.2, 0.25) is 0 Å². The van der Waals surface area contributed by atoms with Gasteiger partial charge in [0.25, 0.3) is 0 Å². The van der Waals surface area contributed by atoms with E-state index in [0.29, 0.717) is 43.9 Å². The van der Waals surface area contributed by atoms with Crippen LogP contribution in [0.4, 0.5) is 24.8 Å². The van der Waals surface area contributed by atoms with E-state index in [2.05, 4.69) is 25.6 Å². The lowest BCUT2D eigenvalue weighted by Crippen LogP contribution is -2.46. The SMILES string of the molecule is O=C1CCCN1c1cn2c(-c3nc(NC4CNCCC4F)c(F)cc3F)cnc2cn1. The summed E-state index contributed by atoms with van der Waals surface area (Å²) >= 11 is 0. The molecule has 5 rings (SSSR count). The number of hydrogen-bond acceptors (Lipinski definition) is 6. The summed E-state index contributed by atoms with van der Waals surface area (Å²) in [5.41, 5.74) is 0.552. The van der Waals surface area contributed by atoms with Gasteiger partial charge in [0.1, 0.15) is 11.9 Å². The number of amides is 1. The first-order valence-corrected chi connectivity index (χ1v) is 10.1. The van der Waals surface area contributed by atoms with Crippen molar-refractivity contribution in [3.8, 4) is 11.4 Å². The fraction of sp³-hybridized carbons (Fsp3) is 0.400. The molecule has 0 aliphatic carbocycles. The Bertz CT molecular complexity index is 1150. The Labute approximate surface area is 175 Å². The second kappa shape index (κ2) is 7.80. The minimum atomic E-state index is -1.17. The van der Waals surface area contributed by atoms with Crippen LogP contribution in [0.3, 0.4) is 0 Å². The number of nitrogens with zero attached hydrogens (tertiary/aromatic N) is 5. The molecule has 0 saturated carbocycles. The molecule has 3 aromatic heterocycles. The van der Waals surface area contributed by atoms with Crippen molar-refractivity contribution in [2.45, 2.75) is 31.5 Å². The summed E-state index contributed by atoms with van der Waals surface area (Å²) in [7, 11) is 0. The molecule has 5 heterocycles. The van der Waals surface area contributed by atoms with Crippen LogP contribution in [0.25, 0.3) is 17.0 Å². The second-order valence-corrected chi connectivity index (χ2v) is 7.67. The molecule has 0 bridgehead atoms. The van der Waals surface area contributed by atoms with Gasteiger partial charge in [0.05, 0.1) is 30.3 Å². The maximum absolute atomic E-state index is 14.7. The van der Waals surface area contributed by atoms with E-state index in [1.165, 1.54) is 12.4 Å². The Morgan fingerprint density at radius 3 is 2.84 bits per heavy atom. The molecule has 0 spiro atoms. The summed E-state index contributed by atoms with van der Waals surface area (Å²) < 4.78 is 44.8. The van der Waals surface area contributed by atoms with Gasteiger partial charge < -0.3 is 10.6 Å². The first kappa shape index (κ1) is 19.7. The maximum atomic E-state index is 14.7. The average Bonchev–Trinajstić information content (AvgIpc) is 3.37. The number of aromatic nitrogens is 4. The van der Waals surface area contributed by atoms with Crippen molar-refractivity contribution in [2.75, 3.05) is 29.9 Å². The highest BCUT2D eigenvalue weighted by molar-refractivity contribution is 5.94. The van der Waals surface area contributed by atoms with Crippen molar-refractivity contribution in [1.29, 1.82) is 0 Å². The molecule has 2 N–H and O–H groups in total. The van der Waals surface area contributed by atoms with Crippen LogP contribution < -0.4 is 15.5 Å². The lowest BCUT2D eigenvalue weighted by atomic mass is 10.1. The number of carbonyl (C=O) groups is 1. The van der Waals surface area contributed by atoms with Crippen molar-refractivity contribution < 1.29 is 18.0 Å². The fourth-order valence-corrected chi connectivity index (χ4v) is 3.98. The highest BCUT2D eigenvalue weighted by Gasteiger charge is 2.27. The zero-order chi connectivity index (χ0) is 21.5. The molecule has 2 aliphatic heterocycles. The molecule has 1 amide bonds. The molecule has 11 heteroatoms. The largest absolute Gasteiger partial charge is 0.361 e. The van der Waals surface area contributed by atoms with Gasteiger partial charge in [-0.05, 0) is 19.4 Å². The summed E-state index contributed by atoms with van der Waals surface area (Å²) in [6.07, 6.45) is 4.78. The number of anilines is 2. The number of pyridine rings is 1. The Morgan fingerprint density at radius 2 is 2.06 bits per heavy atom. The summed E-state index contributed by atoms with van der Waals surface area (Å²) in [4.78, 5) is 26.2. The summed E-state index contributed by atoms with van der Waals surface area (Å²) in [6, 6.07) is 0.0489. The molecular formula is C20H20F3N7O. The molecule has 31 heavy (non-hydrogen) atoms. The highest BCUT2D eigenvalue weighted by Crippen LogP contribution is 2.28. The number of rotatable bonds is 4. The van der Waals surface area contributed by atoms with Crippen LogP contribution in [0.15, 0.2) is 24.7 Å². The summed E-state index contributed by atoms with van der Waals surface area (Å²) in [5, 5.41) is 5.79. The van der Waals surface area contributed by atoms with Crippen LogP contribution >= 0.6 is 0 Å². The smallest absolute Gasteiger partial charge is 0.228 e. The van der Waals surface area contributed by atoms with E-state index in [4.69, 9.17) is 0 Å². The van der Waals surface area contributed by atoms with Crippen LogP contribution in [0.1, 0.15) is 19.3 Å². The molecule has 2 unspecified atom stereocenters. The lowest BCUT2D eigenvalue weighted by molar-refractivity contribution is -0.117. The quantitative estimate of drug-likeness (QED) is 0.659. The standard InChI is InChI=1S/C20H20F3N7O/c21-11-3-4-24-7-14(11)27-20-13(23)6-12(22)19(28-20)15-8-25-16-9-26-17(10-30(15)16)29-5-1-2-18(29)31/h6,8-11,14,24H,1-5,7H2,(H,27,28). The number of piperidine rings is 1. The average molecular weight is 431 g/mol. The van der Waals surface area contributed by atoms with Gasteiger partial charge >= 0.3 is 0 Å². The van der Waals surface area contributed by atoms with Gasteiger partial charge in [-0.15, -0.1) is 0 Å². The van der Waals surface area contributed by atoms with Crippen LogP contribution in [0, 0.1) is 11.6 Å². The second-order valence-electron chi connectivity index (χ2n) is 7.67. The molecule has 2 fully saturated rings. The number of nitrogens with one attached hydrogen (secondary N) is 2. The predicted octanol–water partition coefficient (Wildman–Crippen LogP) is 2.31. The molecule has 3 aromatic rings. The molecule has 0 aromatic carbocycles. The molecule has 8 nitrogen and oxygen atoms in total. The van der Waals surface area contributed by atoms with E-state index in [9.17, 15) is 18.0 Å². The van der Waals surface area contributed by atoms with E-state index in [0.717, 1.165) is 12.5 Å². The number of alkyl halides is 1. The van der Waals surface area contributed by atoms with E-state index < -0.39 is 23.8 Å². The number of hydrogen-bond donors (Lipinski definition) is 2. The zero-order valence-electron chi connectivity index (χ0n) is 16.5. The molecule has 2 atom stereocenters. The van der Waals surface area contributed by atoms with Gasteiger partial charge in [0.2, 0.25) is 5.91 Å². The van der Waals surface area contributed by atoms with Gasteiger partial charge in [-0.3, -0.25) is 14.1 Å². The fourth-order valence-electron chi connectivity index (χ4n) is 3.98. The van der Waals surface area contributed by atoms with E-state index in [1.807, 2.05) is 0 Å². The predicted molar refractivity (Wildman–Crippen MR) is 108 cm³/mol. The molecule has 2 aliphatic rings. The van der Waals surface area contributed by atoms with Crippen LogP contribution in [0.5, 0.6) is 0 Å². The Balaban J connectivity index is 1.54. The highest BCUT2D eigenvalue weighted by atomic mass is 19.1. The number of carbonyl (C=O) groups excluding carboxylic acids is 1. The third kappa shape index (κ3) is 3.58. The van der Waals surface area contributed by atoms with Crippen molar-refractivity contribution in [1.82, 2.24) is 24.7 Å². The zero-order valence-corrected chi connectivity index (χ0v) is 16.5. The van der Waals surface area contributed by atoms with Crippen molar-refractivity contribution in [3.63, 3.8) is 0 Å². The molecule has 162 valence electrons. The topological polar surface area (TPSA) is 87.5 Å². The lowest BCUT2D eigenvalue weighted by Gasteiger charge is -2.28. The monoisotopic (exact) mass is 431 g/mol. The van der Waals surface area contributed by atoms with Crippen molar-refractivity contribution in [2.24, 2.45) is 0 Å². The number of imidazole rings is 1. The van der Waals surface area contributed by atoms with Crippen LogP contribution in [-0.4, -0.2) is 57.1 Å². The van der Waals surface area contributed by atoms with E-state index in [1.54, 1.807) is 15.5 Å². The van der Waals surface area contributed by atoms with E-state index >= 15 is 0 Å². The molecular weight excluding hydrogens is 411 g/mol. The maximum Gasteiger partial charge on any atom is 0.228 e. The third-order valence-corrected chi connectivity index (χ3v) is 5.62. The van der Waals surface area contributed by atoms with Crippen LogP contribution in [-0.2, 0) is 4.79 Å². The van der Waals surface area contributed by atoms with E-state index in [-0.39, 0.29) is 23.1 Å². The van der Waals surface area contributed by atoms with Gasteiger partial charge in [0.15, 0.2) is 28.9 Å². The minimum Gasteiger partial charge on any atom is -0.361 e. The number of halogens is 3. The van der Waals surface area contributed by atoms with Gasteiger partial charge in [-0.25, -0.2) is 28.1 Å². The Morgan fingerprint density at radius 1 is 1.19 bits per heavy atom. The van der Waals surface area contributed by atoms with Crippen molar-refractivity contribution in [3.05, 3.63) is 36.3 Å². The van der Waals surface area contributed by atoms with Crippen molar-refractivity contribution >= 4 is 23.2 Å². The first-order chi connectivity index (χ1) is 15.0. The third-order valence-electron chi connectivity index (χ3n) is 5.62. The summed E-state index contributed by atoms with van der Waals surface area (Å²) in [6.45, 7) is 1.41.